The lowest BCUT2D eigenvalue weighted by Gasteiger charge is -1.93. The number of hydrogen-bond acceptors (Lipinski definition) is 4. The molecule has 2 heterocycles. The minimum Gasteiger partial charge on any atom is -0.327 e. The molecule has 2 rings (SSSR count). The van der Waals surface area contributed by atoms with Gasteiger partial charge in [0, 0.05) is 14.0 Å². The number of anilines is 1. The first-order chi connectivity index (χ1) is 6.59. The second-order valence-corrected chi connectivity index (χ2v) is 4.02. The van der Waals surface area contributed by atoms with E-state index in [-0.39, 0.29) is 5.91 Å². The monoisotopic (exact) mass is 228 g/mol. The van der Waals surface area contributed by atoms with Gasteiger partial charge < -0.3 is 14.9 Å². The van der Waals surface area contributed by atoms with Gasteiger partial charge in [-0.2, -0.15) is 4.37 Å². The van der Waals surface area contributed by atoms with Crippen LogP contribution in [0.15, 0.2) is 0 Å². The molecule has 74 valence electrons. The molecule has 1 amide bonds. The lowest BCUT2D eigenvalue weighted by Crippen LogP contribution is -2.05. The van der Waals surface area contributed by atoms with Crippen molar-refractivity contribution in [3.63, 3.8) is 0 Å². The molecule has 2 aromatic rings. The third-order valence-electron chi connectivity index (χ3n) is 1.81. The fourth-order valence-electron chi connectivity index (χ4n) is 1.16. The summed E-state index contributed by atoms with van der Waals surface area (Å²) in [4.78, 5) is 14.8. The molecule has 0 aromatic carbocycles. The topological polar surface area (TPSA) is 62.7 Å². The van der Waals surface area contributed by atoms with Crippen LogP contribution in [0.4, 0.5) is 5.82 Å². The number of fused-ring (bicyclic) bond motifs is 1. The molecule has 2 aromatic heterocycles. The molecule has 0 aliphatic carbocycles. The van der Waals surface area contributed by atoms with E-state index in [1.807, 2.05) is 11.6 Å². The number of amides is 1. The van der Waals surface area contributed by atoms with Crippen molar-refractivity contribution in [2.24, 2.45) is 7.05 Å². The predicted molar refractivity (Wildman–Crippen MR) is 58.1 cm³/mol. The Hall–Kier alpha value is -1.21. The van der Waals surface area contributed by atoms with Crippen LogP contribution in [-0.2, 0) is 11.8 Å². The molecule has 0 spiro atoms. The van der Waals surface area contributed by atoms with Crippen LogP contribution in [0.2, 0.25) is 0 Å². The summed E-state index contributed by atoms with van der Waals surface area (Å²) >= 11 is 6.36. The van der Waals surface area contributed by atoms with Crippen LogP contribution in [-0.4, -0.2) is 19.8 Å². The Kier molecular flexibility index (Phi) is 2.12. The van der Waals surface area contributed by atoms with E-state index in [1.165, 1.54) is 18.5 Å². The Bertz CT molecular complexity index is 550. The van der Waals surface area contributed by atoms with Crippen LogP contribution in [0.25, 0.3) is 10.3 Å². The quantitative estimate of drug-likeness (QED) is 0.729. The Morgan fingerprint density at radius 2 is 2.43 bits per heavy atom. The minimum absolute atomic E-state index is 0.139. The summed E-state index contributed by atoms with van der Waals surface area (Å²) in [5, 5.41) is 2.64. The number of aromatic nitrogens is 3. The molecule has 0 atom stereocenters. The van der Waals surface area contributed by atoms with Crippen molar-refractivity contribution in [2.45, 2.75) is 6.92 Å². The van der Waals surface area contributed by atoms with E-state index in [1.54, 1.807) is 0 Å². The molecule has 0 aliphatic rings. The van der Waals surface area contributed by atoms with Crippen LogP contribution in [0.1, 0.15) is 6.92 Å². The molecular weight excluding hydrogens is 220 g/mol. The largest absolute Gasteiger partial charge is 0.327 e. The number of carbonyl (C=O) groups is 1. The van der Waals surface area contributed by atoms with Crippen molar-refractivity contribution in [2.75, 3.05) is 5.32 Å². The number of hydrogen-bond donors (Lipinski definition) is 2. The molecule has 5 nitrogen and oxygen atoms in total. The van der Waals surface area contributed by atoms with Crippen LogP contribution in [0.3, 0.4) is 0 Å². The van der Waals surface area contributed by atoms with Crippen molar-refractivity contribution in [1.82, 2.24) is 13.9 Å². The first-order valence-corrected chi connectivity index (χ1v) is 5.09. The van der Waals surface area contributed by atoms with Gasteiger partial charge in [-0.3, -0.25) is 4.79 Å². The number of carbonyl (C=O) groups excluding carboxylic acids is 1. The molecule has 0 bridgehead atoms. The van der Waals surface area contributed by atoms with Crippen LogP contribution < -0.4 is 5.32 Å². The highest BCUT2D eigenvalue weighted by atomic mass is 32.1. The summed E-state index contributed by atoms with van der Waals surface area (Å²) in [6.45, 7) is 1.45. The van der Waals surface area contributed by atoms with Crippen molar-refractivity contribution >= 4 is 45.8 Å². The molecule has 2 N–H and O–H groups in total. The van der Waals surface area contributed by atoms with Gasteiger partial charge in [0.25, 0.3) is 0 Å². The minimum atomic E-state index is -0.139. The van der Waals surface area contributed by atoms with Crippen LogP contribution >= 0.6 is 23.8 Å². The molecule has 0 saturated heterocycles. The highest BCUT2D eigenvalue weighted by molar-refractivity contribution is 7.71. The van der Waals surface area contributed by atoms with E-state index in [2.05, 4.69) is 14.7 Å². The number of aromatic amines is 1. The van der Waals surface area contributed by atoms with Gasteiger partial charge in [0.15, 0.2) is 10.6 Å². The zero-order valence-corrected chi connectivity index (χ0v) is 9.25. The third-order valence-corrected chi connectivity index (χ3v) is 3.11. The van der Waals surface area contributed by atoms with E-state index in [9.17, 15) is 4.79 Å². The Morgan fingerprint density at radius 1 is 1.71 bits per heavy atom. The normalized spacial score (nSPS) is 10.7. The lowest BCUT2D eigenvalue weighted by atomic mass is 10.5. The smallest absolute Gasteiger partial charge is 0.222 e. The molecule has 0 aliphatic heterocycles. The third kappa shape index (κ3) is 1.34. The first kappa shape index (κ1) is 9.35. The van der Waals surface area contributed by atoms with Crippen molar-refractivity contribution < 1.29 is 4.79 Å². The average Bonchev–Trinajstić information content (AvgIpc) is 2.57. The van der Waals surface area contributed by atoms with E-state index >= 15 is 0 Å². The van der Waals surface area contributed by atoms with E-state index in [0.717, 1.165) is 10.3 Å². The molecule has 0 saturated carbocycles. The molecule has 0 radical (unpaired) electrons. The number of H-pyrrole nitrogens is 1. The predicted octanol–water partition coefficient (Wildman–Crippen LogP) is 1.65. The van der Waals surface area contributed by atoms with E-state index in [0.29, 0.717) is 10.6 Å². The standard InChI is InChI=1S/C7H8N4OS2/c1-3(12)8-5-4-6(14-10-5)11(2)7(13)9-4/h1-2H3,(H,9,13)(H,8,10,12). The number of nitrogens with one attached hydrogen (secondary N) is 2. The fraction of sp³-hybridized carbons (Fsp3) is 0.286. The van der Waals surface area contributed by atoms with Gasteiger partial charge in [-0.1, -0.05) is 0 Å². The Balaban J connectivity index is 2.63. The Morgan fingerprint density at radius 3 is 3.07 bits per heavy atom. The number of rotatable bonds is 1. The fourth-order valence-corrected chi connectivity index (χ4v) is 2.18. The van der Waals surface area contributed by atoms with Gasteiger partial charge in [0.05, 0.1) is 0 Å². The molecule has 0 unspecified atom stereocenters. The Labute approximate surface area is 88.9 Å². The summed E-state index contributed by atoms with van der Waals surface area (Å²) in [6.07, 6.45) is 0. The van der Waals surface area contributed by atoms with Crippen molar-refractivity contribution in [3.05, 3.63) is 4.77 Å². The van der Waals surface area contributed by atoms with Gasteiger partial charge in [-0.05, 0) is 23.8 Å². The summed E-state index contributed by atoms with van der Waals surface area (Å²) in [7, 11) is 1.86. The van der Waals surface area contributed by atoms with Gasteiger partial charge in [0.1, 0.15) is 10.3 Å². The number of nitrogens with zero attached hydrogens (tertiary/aromatic N) is 2. The molecular formula is C7H8N4OS2. The number of imidazole rings is 1. The van der Waals surface area contributed by atoms with E-state index < -0.39 is 0 Å². The van der Waals surface area contributed by atoms with Gasteiger partial charge in [-0.25, -0.2) is 0 Å². The van der Waals surface area contributed by atoms with Crippen molar-refractivity contribution in [1.29, 1.82) is 0 Å². The maximum absolute atomic E-state index is 10.9. The summed E-state index contributed by atoms with van der Waals surface area (Å²) in [6, 6.07) is 0. The van der Waals surface area contributed by atoms with Crippen LogP contribution in [0, 0.1) is 4.77 Å². The van der Waals surface area contributed by atoms with Gasteiger partial charge in [0.2, 0.25) is 5.91 Å². The summed E-state index contributed by atoms with van der Waals surface area (Å²) in [5.41, 5.74) is 0.790. The first-order valence-electron chi connectivity index (χ1n) is 3.91. The lowest BCUT2D eigenvalue weighted by molar-refractivity contribution is -0.114. The molecule has 0 fully saturated rings. The maximum atomic E-state index is 10.9. The SMILES string of the molecule is CC(=O)Nc1nsc2c1[nH]c(=S)n2C. The van der Waals surface area contributed by atoms with Gasteiger partial charge in [-0.15, -0.1) is 0 Å². The molecule has 14 heavy (non-hydrogen) atoms. The highest BCUT2D eigenvalue weighted by Crippen LogP contribution is 2.25. The highest BCUT2D eigenvalue weighted by Gasteiger charge is 2.11. The van der Waals surface area contributed by atoms with Crippen molar-refractivity contribution in [3.8, 4) is 0 Å². The zero-order valence-electron chi connectivity index (χ0n) is 7.62. The maximum Gasteiger partial charge on any atom is 0.222 e. The van der Waals surface area contributed by atoms with E-state index in [4.69, 9.17) is 12.2 Å². The average molecular weight is 228 g/mol. The zero-order chi connectivity index (χ0) is 10.3. The van der Waals surface area contributed by atoms with Gasteiger partial charge >= 0.3 is 0 Å². The molecule has 7 heteroatoms. The second-order valence-electron chi connectivity index (χ2n) is 2.88. The summed E-state index contributed by atoms with van der Waals surface area (Å²) < 4.78 is 6.56. The summed E-state index contributed by atoms with van der Waals surface area (Å²) in [5.74, 6) is 0.407. The number of aryl methyl sites for hydroxylation is 1. The second kappa shape index (κ2) is 3.18. The van der Waals surface area contributed by atoms with Crippen LogP contribution in [0.5, 0.6) is 0 Å².